The normalized spacial score (nSPS) is 16.7. The molecule has 1 unspecified atom stereocenters. The number of amides is 1. The van der Waals surface area contributed by atoms with Crippen LogP contribution in [0.5, 0.6) is 11.5 Å². The minimum absolute atomic E-state index is 0.255. The number of nitrogens with one attached hydrogen (secondary N) is 2. The summed E-state index contributed by atoms with van der Waals surface area (Å²) in [5.41, 5.74) is 6.21. The van der Waals surface area contributed by atoms with Crippen LogP contribution < -0.4 is 31.7 Å². The molecule has 1 atom stereocenters. The zero-order valence-corrected chi connectivity index (χ0v) is 20.6. The van der Waals surface area contributed by atoms with Crippen LogP contribution >= 0.6 is 23.8 Å². The first-order valence-corrected chi connectivity index (χ1v) is 11.5. The fourth-order valence-electron chi connectivity index (χ4n) is 3.48. The molecular formula is C24H25ClN6O2S. The third-order valence-electron chi connectivity index (χ3n) is 5.53. The van der Waals surface area contributed by atoms with E-state index in [9.17, 15) is 4.79 Å². The number of anilines is 2. The van der Waals surface area contributed by atoms with E-state index in [2.05, 4.69) is 20.7 Å². The Morgan fingerprint density at radius 1 is 1.32 bits per heavy atom. The number of rotatable bonds is 6. The van der Waals surface area contributed by atoms with Crippen LogP contribution in [0.2, 0.25) is 5.02 Å². The lowest BCUT2D eigenvalue weighted by atomic mass is 9.82. The number of ether oxygens (including phenoxy) is 1. The van der Waals surface area contributed by atoms with Crippen molar-refractivity contribution in [2.24, 2.45) is 11.1 Å². The van der Waals surface area contributed by atoms with Gasteiger partial charge in [-0.05, 0) is 57.6 Å². The van der Waals surface area contributed by atoms with Crippen molar-refractivity contribution in [3.63, 3.8) is 0 Å². The maximum atomic E-state index is 11.9. The van der Waals surface area contributed by atoms with Crippen LogP contribution in [-0.4, -0.2) is 25.8 Å². The zero-order chi connectivity index (χ0) is 24.5. The maximum Gasteiger partial charge on any atom is 0.227 e. The molecule has 10 heteroatoms. The quantitative estimate of drug-likeness (QED) is 0.448. The van der Waals surface area contributed by atoms with E-state index in [0.29, 0.717) is 33.7 Å². The van der Waals surface area contributed by atoms with Crippen LogP contribution in [0, 0.1) is 5.41 Å². The smallest absolute Gasteiger partial charge is 0.227 e. The first-order valence-electron chi connectivity index (χ1n) is 10.7. The molecule has 1 aliphatic carbocycles. The summed E-state index contributed by atoms with van der Waals surface area (Å²) in [6, 6.07) is 7.24. The van der Waals surface area contributed by atoms with Crippen molar-refractivity contribution in [2.45, 2.75) is 33.2 Å². The number of fused-ring (bicyclic) bond motifs is 1. The van der Waals surface area contributed by atoms with Gasteiger partial charge in [0, 0.05) is 29.7 Å². The molecule has 2 heterocycles. The fourth-order valence-corrected chi connectivity index (χ4v) is 3.93. The average molecular weight is 497 g/mol. The van der Waals surface area contributed by atoms with Gasteiger partial charge in [0.05, 0.1) is 33.4 Å². The molecule has 0 spiro atoms. The van der Waals surface area contributed by atoms with Crippen LogP contribution in [0.3, 0.4) is 0 Å². The van der Waals surface area contributed by atoms with E-state index in [1.165, 1.54) is 0 Å². The molecule has 4 rings (SSSR count). The predicted molar refractivity (Wildman–Crippen MR) is 138 cm³/mol. The summed E-state index contributed by atoms with van der Waals surface area (Å²) in [5, 5.41) is 12.7. The van der Waals surface area contributed by atoms with Gasteiger partial charge in [0.15, 0.2) is 5.11 Å². The summed E-state index contributed by atoms with van der Waals surface area (Å²) in [6.07, 6.45) is 9.45. The van der Waals surface area contributed by atoms with E-state index in [-0.39, 0.29) is 6.04 Å². The van der Waals surface area contributed by atoms with Gasteiger partial charge in [-0.3, -0.25) is 14.5 Å². The molecule has 0 fully saturated rings. The van der Waals surface area contributed by atoms with Gasteiger partial charge in [0.1, 0.15) is 11.5 Å². The first-order chi connectivity index (χ1) is 16.1. The van der Waals surface area contributed by atoms with E-state index in [4.69, 9.17) is 34.3 Å². The number of carbonyl (C=O) groups excluding carboxylic acids is 1. The number of nitrogens with zero attached hydrogens (tertiary/aromatic N) is 3. The molecule has 176 valence electrons. The number of pyridine rings is 1. The van der Waals surface area contributed by atoms with Crippen molar-refractivity contribution >= 4 is 58.4 Å². The largest absolute Gasteiger partial charge is 0.457 e. The molecule has 3 aromatic rings. The standard InChI is InChI=1S/C24H25ClN6O2S/c1-14(2)31-13-15(12-28-31)29-23(34)30-20-5-4-16(10-18(20)25)33-21-7-9-27-19-6-8-24(3,22(26)32)11-17(19)21/h4-7,9-14H,8H2,1-3H3,(H2,26,32)(H2,29,30,34). The summed E-state index contributed by atoms with van der Waals surface area (Å²) >= 11 is 11.9. The van der Waals surface area contributed by atoms with Gasteiger partial charge in [0.25, 0.3) is 0 Å². The van der Waals surface area contributed by atoms with Gasteiger partial charge >= 0.3 is 0 Å². The Balaban J connectivity index is 1.51. The topological polar surface area (TPSA) is 107 Å². The lowest BCUT2D eigenvalue weighted by Gasteiger charge is -2.23. The monoisotopic (exact) mass is 496 g/mol. The number of primary amides is 1. The highest BCUT2D eigenvalue weighted by Crippen LogP contribution is 2.30. The number of thiocarbonyl (C=S) groups is 1. The molecule has 2 aromatic heterocycles. The van der Waals surface area contributed by atoms with E-state index in [1.54, 1.807) is 43.6 Å². The molecule has 0 saturated carbocycles. The first kappa shape index (κ1) is 23.7. The van der Waals surface area contributed by atoms with Crippen LogP contribution in [0.25, 0.3) is 12.2 Å². The molecule has 4 N–H and O–H groups in total. The number of carbonyl (C=O) groups is 1. The predicted octanol–water partition coefficient (Wildman–Crippen LogP) is 3.57. The Kier molecular flexibility index (Phi) is 6.58. The number of hydrogen-bond donors (Lipinski definition) is 3. The third kappa shape index (κ3) is 5.05. The van der Waals surface area contributed by atoms with Crippen LogP contribution in [-0.2, 0) is 4.79 Å². The Hall–Kier alpha value is -3.43. The van der Waals surface area contributed by atoms with Crippen molar-refractivity contribution in [3.05, 3.63) is 58.4 Å². The van der Waals surface area contributed by atoms with Gasteiger partial charge in [-0.15, -0.1) is 0 Å². The van der Waals surface area contributed by atoms with Crippen molar-refractivity contribution < 1.29 is 9.53 Å². The Bertz CT molecular complexity index is 1390. The summed E-state index contributed by atoms with van der Waals surface area (Å²) in [4.78, 5) is 16.3. The second kappa shape index (κ2) is 9.44. The van der Waals surface area contributed by atoms with Gasteiger partial charge in [0.2, 0.25) is 5.91 Å². The fraction of sp³-hybridized carbons (Fsp3) is 0.250. The molecule has 0 aliphatic heterocycles. The number of benzene rings is 1. The summed E-state index contributed by atoms with van der Waals surface area (Å²) in [7, 11) is 0. The van der Waals surface area contributed by atoms with Crippen molar-refractivity contribution in [2.75, 3.05) is 10.6 Å². The molecule has 1 amide bonds. The summed E-state index contributed by atoms with van der Waals surface area (Å²) in [6.45, 7) is 5.89. The zero-order valence-electron chi connectivity index (χ0n) is 19.0. The van der Waals surface area contributed by atoms with Crippen molar-refractivity contribution in [1.29, 1.82) is 0 Å². The second-order valence-corrected chi connectivity index (χ2v) is 9.38. The minimum atomic E-state index is -0.798. The highest BCUT2D eigenvalue weighted by Gasteiger charge is 2.29. The maximum absolute atomic E-state index is 11.9. The minimum Gasteiger partial charge on any atom is -0.457 e. The van der Waals surface area contributed by atoms with Gasteiger partial charge in [-0.2, -0.15) is 5.10 Å². The van der Waals surface area contributed by atoms with Crippen molar-refractivity contribution in [3.8, 4) is 11.5 Å². The van der Waals surface area contributed by atoms with Gasteiger partial charge in [-0.1, -0.05) is 23.8 Å². The third-order valence-corrected chi connectivity index (χ3v) is 6.05. The molecule has 0 radical (unpaired) electrons. The highest BCUT2D eigenvalue weighted by atomic mass is 35.5. The average Bonchev–Trinajstić information content (AvgIpc) is 3.25. The molecule has 1 aromatic carbocycles. The Morgan fingerprint density at radius 2 is 2.12 bits per heavy atom. The van der Waals surface area contributed by atoms with Gasteiger partial charge < -0.3 is 21.1 Å². The lowest BCUT2D eigenvalue weighted by Crippen LogP contribution is -2.41. The molecule has 8 nitrogen and oxygen atoms in total. The van der Waals surface area contributed by atoms with Crippen LogP contribution in [0.4, 0.5) is 11.4 Å². The Morgan fingerprint density at radius 3 is 2.79 bits per heavy atom. The van der Waals surface area contributed by atoms with E-state index < -0.39 is 11.3 Å². The molecule has 34 heavy (non-hydrogen) atoms. The van der Waals surface area contributed by atoms with Crippen LogP contribution in [0.1, 0.15) is 33.2 Å². The Labute approximate surface area is 207 Å². The lowest BCUT2D eigenvalue weighted by molar-refractivity contribution is -0.123. The molecule has 0 bridgehead atoms. The summed E-state index contributed by atoms with van der Waals surface area (Å²) < 4.78 is 7.93. The number of hydrogen-bond acceptors (Lipinski definition) is 5. The molecule has 0 saturated heterocycles. The van der Waals surface area contributed by atoms with Crippen LogP contribution in [0.15, 0.2) is 42.9 Å². The number of aromatic nitrogens is 3. The van der Waals surface area contributed by atoms with E-state index in [0.717, 1.165) is 16.3 Å². The molecule has 1 aliphatic rings. The second-order valence-electron chi connectivity index (χ2n) is 8.57. The highest BCUT2D eigenvalue weighted by molar-refractivity contribution is 7.80. The van der Waals surface area contributed by atoms with Crippen molar-refractivity contribution in [1.82, 2.24) is 14.8 Å². The SMILES string of the molecule is CC(C)n1cc(NC(=S)Nc2ccc(Oc3ccnc4c3=CC(C)(C(N)=O)CC=4)cc2Cl)cn1. The van der Waals surface area contributed by atoms with Gasteiger partial charge in [-0.25, -0.2) is 0 Å². The number of halogens is 1. The summed E-state index contributed by atoms with van der Waals surface area (Å²) in [5.74, 6) is 0.689. The van der Waals surface area contributed by atoms with E-state index >= 15 is 0 Å². The van der Waals surface area contributed by atoms with E-state index in [1.807, 2.05) is 36.9 Å². The molecular weight excluding hydrogens is 472 g/mol. The number of nitrogens with two attached hydrogens (primary N) is 1.